The van der Waals surface area contributed by atoms with Crippen molar-refractivity contribution in [1.82, 2.24) is 14.7 Å². The highest BCUT2D eigenvalue weighted by atomic mass is 35.5. The summed E-state index contributed by atoms with van der Waals surface area (Å²) in [4.78, 5) is 26.7. The molecule has 0 aliphatic carbocycles. The third-order valence-corrected chi connectivity index (χ3v) is 5.56. The van der Waals surface area contributed by atoms with E-state index in [2.05, 4.69) is 5.10 Å². The summed E-state index contributed by atoms with van der Waals surface area (Å²) in [5.74, 6) is -0.781. The van der Waals surface area contributed by atoms with Crippen LogP contribution in [0, 0.1) is 13.8 Å². The zero-order valence-electron chi connectivity index (χ0n) is 16.6. The highest BCUT2D eigenvalue weighted by Gasteiger charge is 2.26. The van der Waals surface area contributed by atoms with Crippen LogP contribution >= 0.6 is 11.6 Å². The van der Waals surface area contributed by atoms with Gasteiger partial charge in [0.25, 0.3) is 5.91 Å². The van der Waals surface area contributed by atoms with Gasteiger partial charge in [-0.05, 0) is 45.6 Å². The number of aromatic nitrogens is 2. The van der Waals surface area contributed by atoms with Crippen molar-refractivity contribution in [3.63, 3.8) is 0 Å². The van der Waals surface area contributed by atoms with Crippen LogP contribution in [0.4, 0.5) is 0 Å². The summed E-state index contributed by atoms with van der Waals surface area (Å²) < 4.78 is 6.84. The predicted octanol–water partition coefficient (Wildman–Crippen LogP) is 3.76. The van der Waals surface area contributed by atoms with Crippen LogP contribution in [0.25, 0.3) is 0 Å². The van der Waals surface area contributed by atoms with Crippen LogP contribution in [0.2, 0.25) is 5.15 Å². The Morgan fingerprint density at radius 1 is 1.21 bits per heavy atom. The first-order valence-corrected chi connectivity index (χ1v) is 9.99. The minimum absolute atomic E-state index is 0.165. The molecule has 1 saturated heterocycles. The fourth-order valence-corrected chi connectivity index (χ4v) is 3.82. The maximum absolute atomic E-state index is 12.5. The summed E-state index contributed by atoms with van der Waals surface area (Å²) in [5, 5.41) is 4.59. The number of esters is 1. The van der Waals surface area contributed by atoms with Gasteiger partial charge >= 0.3 is 5.97 Å². The number of aryl methyl sites for hydroxylation is 2. The molecule has 1 aromatic carbocycles. The van der Waals surface area contributed by atoms with Crippen molar-refractivity contribution in [1.29, 1.82) is 0 Å². The minimum Gasteiger partial charge on any atom is -0.452 e. The highest BCUT2D eigenvalue weighted by Crippen LogP contribution is 2.22. The van der Waals surface area contributed by atoms with Crippen LogP contribution in [-0.2, 0) is 16.1 Å². The van der Waals surface area contributed by atoms with E-state index in [0.717, 1.165) is 24.8 Å². The van der Waals surface area contributed by atoms with E-state index in [1.54, 1.807) is 16.5 Å². The van der Waals surface area contributed by atoms with E-state index >= 15 is 0 Å². The van der Waals surface area contributed by atoms with Gasteiger partial charge in [-0.1, -0.05) is 41.4 Å². The number of halogens is 1. The zero-order valence-corrected chi connectivity index (χ0v) is 17.3. The molecule has 1 aromatic heterocycles. The molecule has 0 saturated carbocycles. The number of nitrogens with zero attached hydrogens (tertiary/aromatic N) is 3. The summed E-state index contributed by atoms with van der Waals surface area (Å²) >= 11 is 6.40. The number of carbonyl (C=O) groups is 2. The molecule has 28 heavy (non-hydrogen) atoms. The van der Waals surface area contributed by atoms with E-state index in [1.807, 2.05) is 38.1 Å². The van der Waals surface area contributed by atoms with E-state index in [-0.39, 0.29) is 29.3 Å². The Hall–Kier alpha value is -2.34. The largest absolute Gasteiger partial charge is 0.452 e. The molecule has 3 rings (SSSR count). The molecule has 150 valence electrons. The summed E-state index contributed by atoms with van der Waals surface area (Å²) in [5.41, 5.74) is 2.90. The van der Waals surface area contributed by atoms with Gasteiger partial charge in [-0.2, -0.15) is 5.10 Å². The van der Waals surface area contributed by atoms with E-state index in [9.17, 15) is 9.59 Å². The number of amides is 1. The van der Waals surface area contributed by atoms with Crippen molar-refractivity contribution >= 4 is 23.5 Å². The fraction of sp³-hybridized carbons (Fsp3) is 0.476. The van der Waals surface area contributed by atoms with Crippen LogP contribution in [0.5, 0.6) is 0 Å². The van der Waals surface area contributed by atoms with Gasteiger partial charge in [0.15, 0.2) is 6.61 Å². The molecule has 0 radical (unpaired) electrons. The number of rotatable bonds is 5. The van der Waals surface area contributed by atoms with E-state index in [0.29, 0.717) is 18.8 Å². The van der Waals surface area contributed by atoms with Gasteiger partial charge in [-0.3, -0.25) is 4.79 Å². The maximum atomic E-state index is 12.5. The van der Waals surface area contributed by atoms with Crippen molar-refractivity contribution in [2.75, 3.05) is 13.2 Å². The van der Waals surface area contributed by atoms with Gasteiger partial charge in [-0.25, -0.2) is 9.48 Å². The molecular formula is C21H26ClN3O3. The lowest BCUT2D eigenvalue weighted by atomic mass is 10.0. The normalized spacial score (nSPS) is 16.9. The van der Waals surface area contributed by atoms with Crippen molar-refractivity contribution in [3.05, 3.63) is 51.8 Å². The summed E-state index contributed by atoms with van der Waals surface area (Å²) in [6.07, 6.45) is 3.09. The van der Waals surface area contributed by atoms with Crippen LogP contribution in [0.15, 0.2) is 24.3 Å². The van der Waals surface area contributed by atoms with Gasteiger partial charge in [-0.15, -0.1) is 0 Å². The molecule has 0 spiro atoms. The standard InChI is InChI=1S/C21H26ClN3O3/c1-14-7-9-17(10-8-14)12-25-20(22)19(16(3)23-25)21(27)28-13-18(26)24-11-5-4-6-15(24)2/h7-10,15H,4-6,11-13H2,1-3H3/t15-/m1/s1. The van der Waals surface area contributed by atoms with Crippen LogP contribution in [-0.4, -0.2) is 45.8 Å². The molecule has 6 nitrogen and oxygen atoms in total. The molecule has 0 N–H and O–H groups in total. The predicted molar refractivity (Wildman–Crippen MR) is 108 cm³/mol. The molecule has 1 amide bonds. The summed E-state index contributed by atoms with van der Waals surface area (Å²) in [6, 6.07) is 8.21. The Labute approximate surface area is 170 Å². The van der Waals surface area contributed by atoms with Crippen LogP contribution in [0.1, 0.15) is 53.4 Å². The monoisotopic (exact) mass is 403 g/mol. The van der Waals surface area contributed by atoms with Crippen molar-refractivity contribution < 1.29 is 14.3 Å². The SMILES string of the molecule is Cc1ccc(Cn2nc(C)c(C(=O)OCC(=O)N3CCCC[C@H]3C)c2Cl)cc1. The zero-order chi connectivity index (χ0) is 20.3. The first-order chi connectivity index (χ1) is 13.4. The number of carbonyl (C=O) groups excluding carboxylic acids is 2. The Bertz CT molecular complexity index is 861. The van der Waals surface area contributed by atoms with Gasteiger partial charge in [0.2, 0.25) is 0 Å². The quantitative estimate of drug-likeness (QED) is 0.713. The number of likely N-dealkylation sites (tertiary alicyclic amines) is 1. The Balaban J connectivity index is 1.65. The molecule has 2 heterocycles. The topological polar surface area (TPSA) is 64.4 Å². The van der Waals surface area contributed by atoms with Crippen molar-refractivity contribution in [3.8, 4) is 0 Å². The van der Waals surface area contributed by atoms with E-state index in [4.69, 9.17) is 16.3 Å². The molecule has 1 aliphatic heterocycles. The van der Waals surface area contributed by atoms with E-state index in [1.165, 1.54) is 5.56 Å². The number of benzene rings is 1. The lowest BCUT2D eigenvalue weighted by Crippen LogP contribution is -2.44. The average molecular weight is 404 g/mol. The molecule has 1 aliphatic rings. The number of hydrogen-bond acceptors (Lipinski definition) is 4. The second kappa shape index (κ2) is 8.78. The Kier molecular flexibility index (Phi) is 6.39. The first kappa shape index (κ1) is 20.4. The highest BCUT2D eigenvalue weighted by molar-refractivity contribution is 6.32. The Morgan fingerprint density at radius 3 is 2.61 bits per heavy atom. The number of piperidine rings is 1. The van der Waals surface area contributed by atoms with Crippen molar-refractivity contribution in [2.24, 2.45) is 0 Å². The number of hydrogen-bond donors (Lipinski definition) is 0. The lowest BCUT2D eigenvalue weighted by Gasteiger charge is -2.33. The molecule has 0 bridgehead atoms. The van der Waals surface area contributed by atoms with Gasteiger partial charge in [0.05, 0.1) is 12.2 Å². The van der Waals surface area contributed by atoms with Crippen LogP contribution in [0.3, 0.4) is 0 Å². The molecule has 7 heteroatoms. The van der Waals surface area contributed by atoms with Gasteiger partial charge in [0.1, 0.15) is 10.7 Å². The van der Waals surface area contributed by atoms with E-state index < -0.39 is 5.97 Å². The number of ether oxygens (including phenoxy) is 1. The third kappa shape index (κ3) is 4.55. The Morgan fingerprint density at radius 2 is 1.93 bits per heavy atom. The fourth-order valence-electron chi connectivity index (χ4n) is 3.51. The van der Waals surface area contributed by atoms with Crippen molar-refractivity contribution in [2.45, 2.75) is 52.6 Å². The smallest absolute Gasteiger partial charge is 0.343 e. The molecule has 1 atom stereocenters. The van der Waals surface area contributed by atoms with Crippen LogP contribution < -0.4 is 0 Å². The second-order valence-corrected chi connectivity index (χ2v) is 7.76. The summed E-state index contributed by atoms with van der Waals surface area (Å²) in [7, 11) is 0. The molecular weight excluding hydrogens is 378 g/mol. The molecule has 1 fully saturated rings. The second-order valence-electron chi connectivity index (χ2n) is 7.40. The van der Waals surface area contributed by atoms with Gasteiger partial charge in [0, 0.05) is 12.6 Å². The lowest BCUT2D eigenvalue weighted by molar-refractivity contribution is -0.137. The molecule has 0 unspecified atom stereocenters. The van der Waals surface area contributed by atoms with Gasteiger partial charge < -0.3 is 9.64 Å². The first-order valence-electron chi connectivity index (χ1n) is 9.62. The summed E-state index contributed by atoms with van der Waals surface area (Å²) in [6.45, 7) is 6.65. The minimum atomic E-state index is -0.615. The molecule has 2 aromatic rings. The third-order valence-electron chi connectivity index (χ3n) is 5.17. The maximum Gasteiger partial charge on any atom is 0.343 e. The average Bonchev–Trinajstić information content (AvgIpc) is 2.95.